The highest BCUT2D eigenvalue weighted by atomic mass is 127. The highest BCUT2D eigenvalue weighted by Crippen LogP contribution is 2.30. The molecule has 6 nitrogen and oxygen atoms in total. The van der Waals surface area contributed by atoms with Crippen molar-refractivity contribution in [1.29, 1.82) is 0 Å². The van der Waals surface area contributed by atoms with Crippen molar-refractivity contribution < 1.29 is 14.6 Å². The van der Waals surface area contributed by atoms with Crippen LogP contribution >= 0.6 is 24.0 Å². The number of hydrogen-bond donors (Lipinski definition) is 3. The number of anilines is 1. The minimum Gasteiger partial charge on any atom is -0.507 e. The quantitative estimate of drug-likeness (QED) is 0.295. The fourth-order valence-corrected chi connectivity index (χ4v) is 2.77. The predicted octanol–water partition coefficient (Wildman–Crippen LogP) is 4.61. The van der Waals surface area contributed by atoms with Gasteiger partial charge in [-0.2, -0.15) is 0 Å². The minimum atomic E-state index is 0. The second-order valence-electron chi connectivity index (χ2n) is 6.20. The molecule has 0 saturated heterocycles. The molecule has 2 aromatic carbocycles. The first-order valence-electron chi connectivity index (χ1n) is 9.13. The summed E-state index contributed by atoms with van der Waals surface area (Å²) >= 11 is 0. The number of benzene rings is 2. The maximum Gasteiger partial charge on any atom is 0.196 e. The van der Waals surface area contributed by atoms with E-state index in [-0.39, 0.29) is 24.0 Å². The van der Waals surface area contributed by atoms with Crippen molar-refractivity contribution in [3.8, 4) is 17.2 Å². The fraction of sp³-hybridized carbons (Fsp3) is 0.381. The lowest BCUT2D eigenvalue weighted by Gasteiger charge is -2.14. The van der Waals surface area contributed by atoms with Crippen LogP contribution in [0.1, 0.15) is 30.5 Å². The summed E-state index contributed by atoms with van der Waals surface area (Å²) in [6.45, 7) is 9.56. The first-order valence-corrected chi connectivity index (χ1v) is 9.13. The third-order valence-electron chi connectivity index (χ3n) is 4.04. The molecule has 2 aromatic rings. The van der Waals surface area contributed by atoms with Crippen LogP contribution in [0.3, 0.4) is 0 Å². The number of aryl methyl sites for hydroxylation is 2. The van der Waals surface area contributed by atoms with Gasteiger partial charge in [0.2, 0.25) is 0 Å². The van der Waals surface area contributed by atoms with Crippen LogP contribution in [-0.4, -0.2) is 31.3 Å². The van der Waals surface area contributed by atoms with Gasteiger partial charge in [0, 0.05) is 18.3 Å². The molecule has 0 atom stereocenters. The molecule has 7 heteroatoms. The number of aliphatic imine (C=N–C) groups is 1. The Morgan fingerprint density at radius 1 is 1.07 bits per heavy atom. The lowest BCUT2D eigenvalue weighted by atomic mass is 10.1. The van der Waals surface area contributed by atoms with E-state index in [1.807, 2.05) is 58.0 Å². The van der Waals surface area contributed by atoms with Crippen molar-refractivity contribution in [2.45, 2.75) is 34.2 Å². The molecule has 0 spiro atoms. The third kappa shape index (κ3) is 6.47. The van der Waals surface area contributed by atoms with Gasteiger partial charge in [-0.3, -0.25) is 0 Å². The molecule has 0 aliphatic carbocycles. The number of ether oxygens (including phenoxy) is 2. The monoisotopic (exact) mass is 499 g/mol. The normalized spacial score (nSPS) is 10.8. The van der Waals surface area contributed by atoms with Crippen LogP contribution in [-0.2, 0) is 6.54 Å². The molecule has 0 heterocycles. The third-order valence-corrected chi connectivity index (χ3v) is 4.04. The maximum atomic E-state index is 9.92. The zero-order valence-corrected chi connectivity index (χ0v) is 19.5. The van der Waals surface area contributed by atoms with Crippen molar-refractivity contribution in [3.05, 3.63) is 47.0 Å². The fourth-order valence-electron chi connectivity index (χ4n) is 2.77. The average molecular weight is 499 g/mol. The van der Waals surface area contributed by atoms with Gasteiger partial charge in [0.15, 0.2) is 17.5 Å². The second kappa shape index (κ2) is 11.6. The number of nitrogens with zero attached hydrogens (tertiary/aromatic N) is 1. The number of rotatable bonds is 7. The number of phenolic OH excluding ortho intramolecular Hbond substituents is 1. The van der Waals surface area contributed by atoms with Crippen LogP contribution in [0.15, 0.2) is 35.3 Å². The molecule has 0 saturated carbocycles. The molecule has 0 aliphatic heterocycles. The Morgan fingerprint density at radius 3 is 2.32 bits per heavy atom. The molecule has 0 amide bonds. The van der Waals surface area contributed by atoms with Crippen LogP contribution in [0.5, 0.6) is 17.2 Å². The molecule has 0 radical (unpaired) electrons. The summed E-state index contributed by atoms with van der Waals surface area (Å²) in [6.07, 6.45) is 0. The molecule has 0 fully saturated rings. The Hall–Kier alpha value is -2.16. The van der Waals surface area contributed by atoms with E-state index in [0.717, 1.165) is 28.9 Å². The van der Waals surface area contributed by atoms with Crippen molar-refractivity contribution in [1.82, 2.24) is 5.32 Å². The Bertz CT molecular complexity index is 786. The van der Waals surface area contributed by atoms with Crippen LogP contribution < -0.4 is 20.1 Å². The van der Waals surface area contributed by atoms with Gasteiger partial charge in [0.1, 0.15) is 5.75 Å². The van der Waals surface area contributed by atoms with Crippen molar-refractivity contribution in [2.24, 2.45) is 4.99 Å². The summed E-state index contributed by atoms with van der Waals surface area (Å²) in [7, 11) is 1.62. The van der Waals surface area contributed by atoms with Crippen LogP contribution in [0, 0.1) is 13.8 Å². The molecular weight excluding hydrogens is 469 g/mol. The molecule has 3 N–H and O–H groups in total. The average Bonchev–Trinajstić information content (AvgIpc) is 2.65. The Balaban J connectivity index is 0.00000392. The summed E-state index contributed by atoms with van der Waals surface area (Å²) in [5, 5.41) is 16.5. The van der Waals surface area contributed by atoms with Gasteiger partial charge in [-0.05, 0) is 56.5 Å². The van der Waals surface area contributed by atoms with Crippen molar-refractivity contribution in [3.63, 3.8) is 0 Å². The van der Waals surface area contributed by atoms with E-state index >= 15 is 0 Å². The molecule has 0 aromatic heterocycles. The minimum absolute atomic E-state index is 0. The smallest absolute Gasteiger partial charge is 0.196 e. The van der Waals surface area contributed by atoms with Crippen LogP contribution in [0.25, 0.3) is 0 Å². The highest BCUT2D eigenvalue weighted by Gasteiger charge is 2.08. The molecule has 154 valence electrons. The number of phenols is 1. The summed E-state index contributed by atoms with van der Waals surface area (Å²) in [4.78, 5) is 4.65. The SMILES string of the molecule is CCNC(=NCc1cc(C)c(O)c(C)c1)Nc1ccc(OC)c(OCC)c1.I. The molecular formula is C21H30IN3O3. The standard InChI is InChI=1S/C21H29N3O3.HI/c1-6-22-21(23-13-16-10-14(3)20(25)15(4)11-16)24-17-8-9-18(26-5)19(12-17)27-7-2;/h8-12,25H,6-7,13H2,1-5H3,(H2,22,23,24);1H. The number of methoxy groups -OCH3 is 1. The molecule has 0 bridgehead atoms. The number of aromatic hydroxyl groups is 1. The second-order valence-corrected chi connectivity index (χ2v) is 6.20. The van der Waals surface area contributed by atoms with E-state index in [1.165, 1.54) is 0 Å². The Kier molecular flexibility index (Phi) is 9.92. The zero-order chi connectivity index (χ0) is 19.8. The lowest BCUT2D eigenvalue weighted by molar-refractivity contribution is 0.311. The summed E-state index contributed by atoms with van der Waals surface area (Å²) in [5.41, 5.74) is 3.62. The number of hydrogen-bond acceptors (Lipinski definition) is 4. The van der Waals surface area contributed by atoms with E-state index < -0.39 is 0 Å². The highest BCUT2D eigenvalue weighted by molar-refractivity contribution is 14.0. The van der Waals surface area contributed by atoms with Gasteiger partial charge in [-0.15, -0.1) is 24.0 Å². The van der Waals surface area contributed by atoms with Gasteiger partial charge >= 0.3 is 0 Å². The van der Waals surface area contributed by atoms with E-state index in [9.17, 15) is 5.11 Å². The Labute approximate surface area is 184 Å². The van der Waals surface area contributed by atoms with E-state index in [0.29, 0.717) is 36.4 Å². The zero-order valence-electron chi connectivity index (χ0n) is 17.1. The lowest BCUT2D eigenvalue weighted by Crippen LogP contribution is -2.30. The van der Waals surface area contributed by atoms with E-state index in [1.54, 1.807) is 7.11 Å². The Morgan fingerprint density at radius 2 is 1.75 bits per heavy atom. The summed E-state index contributed by atoms with van der Waals surface area (Å²) in [6, 6.07) is 9.59. The van der Waals surface area contributed by atoms with Gasteiger partial charge < -0.3 is 25.2 Å². The molecule has 0 aliphatic rings. The molecule has 0 unspecified atom stereocenters. The molecule has 28 heavy (non-hydrogen) atoms. The first-order chi connectivity index (χ1) is 13.0. The van der Waals surface area contributed by atoms with Crippen LogP contribution in [0.4, 0.5) is 5.69 Å². The number of guanidine groups is 1. The number of halogens is 1. The van der Waals surface area contributed by atoms with Gasteiger partial charge in [-0.25, -0.2) is 4.99 Å². The van der Waals surface area contributed by atoms with Gasteiger partial charge in [0.05, 0.1) is 20.3 Å². The summed E-state index contributed by atoms with van der Waals surface area (Å²) < 4.78 is 11.0. The maximum absolute atomic E-state index is 9.92. The topological polar surface area (TPSA) is 75.1 Å². The van der Waals surface area contributed by atoms with Crippen molar-refractivity contribution in [2.75, 3.05) is 25.6 Å². The van der Waals surface area contributed by atoms with E-state index in [4.69, 9.17) is 9.47 Å². The summed E-state index contributed by atoms with van der Waals surface area (Å²) in [5.74, 6) is 2.40. The first kappa shape index (κ1) is 23.9. The predicted molar refractivity (Wildman–Crippen MR) is 126 cm³/mol. The van der Waals surface area contributed by atoms with Crippen molar-refractivity contribution >= 4 is 35.6 Å². The van der Waals surface area contributed by atoms with E-state index in [2.05, 4.69) is 15.6 Å². The van der Waals surface area contributed by atoms with Gasteiger partial charge in [-0.1, -0.05) is 12.1 Å². The van der Waals surface area contributed by atoms with Crippen LogP contribution in [0.2, 0.25) is 0 Å². The largest absolute Gasteiger partial charge is 0.507 e. The molecule has 2 rings (SSSR count). The van der Waals surface area contributed by atoms with Gasteiger partial charge in [0.25, 0.3) is 0 Å². The number of nitrogens with one attached hydrogen (secondary N) is 2.